The van der Waals surface area contributed by atoms with Gasteiger partial charge in [-0.05, 0) is 56.5 Å². The lowest BCUT2D eigenvalue weighted by Gasteiger charge is -2.42. The fraction of sp³-hybridized carbons (Fsp3) is 0.529. The second-order valence-electron chi connectivity index (χ2n) is 5.76. The quantitative estimate of drug-likeness (QED) is 0.819. The zero-order valence-electron chi connectivity index (χ0n) is 12.1. The lowest BCUT2D eigenvalue weighted by Crippen LogP contribution is -2.46. The zero-order valence-corrected chi connectivity index (χ0v) is 12.8. The van der Waals surface area contributed by atoms with Crippen LogP contribution in [0.15, 0.2) is 23.8 Å². The molecule has 1 saturated heterocycles. The van der Waals surface area contributed by atoms with E-state index in [1.807, 2.05) is 12.1 Å². The van der Waals surface area contributed by atoms with E-state index in [0.717, 1.165) is 5.75 Å². The Labute approximate surface area is 126 Å². The van der Waals surface area contributed by atoms with Gasteiger partial charge in [0.15, 0.2) is 0 Å². The fourth-order valence-electron chi connectivity index (χ4n) is 3.24. The summed E-state index contributed by atoms with van der Waals surface area (Å²) in [5.74, 6) is 0.761. The number of rotatable bonds is 3. The molecule has 20 heavy (non-hydrogen) atoms. The molecule has 1 aliphatic heterocycles. The normalized spacial score (nSPS) is 25.5. The topological polar surface area (TPSA) is 12.5 Å². The summed E-state index contributed by atoms with van der Waals surface area (Å²) < 4.78 is 5.31. The summed E-state index contributed by atoms with van der Waals surface area (Å²) in [5.41, 5.74) is 2.79. The molecule has 2 nitrogen and oxygen atoms in total. The van der Waals surface area contributed by atoms with Crippen molar-refractivity contribution in [3.05, 3.63) is 34.4 Å². The van der Waals surface area contributed by atoms with E-state index in [4.69, 9.17) is 16.3 Å². The van der Waals surface area contributed by atoms with Crippen molar-refractivity contribution < 1.29 is 4.74 Å². The first-order valence-electron chi connectivity index (χ1n) is 7.56. The highest BCUT2D eigenvalue weighted by atomic mass is 35.5. The Bertz CT molecular complexity index is 508. The molecule has 3 rings (SSSR count). The van der Waals surface area contributed by atoms with Gasteiger partial charge < -0.3 is 4.74 Å². The first-order chi connectivity index (χ1) is 9.78. The zero-order chi connectivity index (χ0) is 13.9. The molecule has 0 spiro atoms. The number of benzene rings is 1. The Morgan fingerprint density at radius 3 is 2.80 bits per heavy atom. The minimum absolute atomic E-state index is 0.666. The Balaban J connectivity index is 1.84. The molecule has 1 aromatic carbocycles. The second kappa shape index (κ2) is 6.19. The molecule has 1 saturated carbocycles. The van der Waals surface area contributed by atoms with Crippen LogP contribution in [0.3, 0.4) is 0 Å². The highest BCUT2D eigenvalue weighted by Gasteiger charge is 2.28. The van der Waals surface area contributed by atoms with Gasteiger partial charge in [-0.15, -0.1) is 0 Å². The third-order valence-corrected chi connectivity index (χ3v) is 4.79. The van der Waals surface area contributed by atoms with Crippen LogP contribution in [0.5, 0.6) is 5.75 Å². The Morgan fingerprint density at radius 1 is 1.25 bits per heavy atom. The van der Waals surface area contributed by atoms with Gasteiger partial charge >= 0.3 is 0 Å². The number of ether oxygens (including phenoxy) is 1. The van der Waals surface area contributed by atoms with E-state index in [0.29, 0.717) is 11.1 Å². The second-order valence-corrected chi connectivity index (χ2v) is 6.17. The van der Waals surface area contributed by atoms with Gasteiger partial charge in [0.25, 0.3) is 0 Å². The van der Waals surface area contributed by atoms with Gasteiger partial charge in [0, 0.05) is 6.04 Å². The number of hydrogen-bond acceptors (Lipinski definition) is 2. The summed E-state index contributed by atoms with van der Waals surface area (Å²) in [6.07, 6.45) is 8.94. The Hall–Kier alpha value is -0.990. The predicted octanol–water partition coefficient (Wildman–Crippen LogP) is 4.38. The number of likely N-dealkylation sites (tertiary alicyclic amines) is 1. The third kappa shape index (κ3) is 2.87. The maximum absolute atomic E-state index is 6.10. The molecule has 0 radical (unpaired) electrons. The van der Waals surface area contributed by atoms with Gasteiger partial charge in [-0.2, -0.15) is 0 Å². The van der Waals surface area contributed by atoms with Crippen molar-refractivity contribution in [2.75, 3.05) is 20.2 Å². The van der Waals surface area contributed by atoms with Crippen molar-refractivity contribution in [3.8, 4) is 5.75 Å². The van der Waals surface area contributed by atoms with E-state index >= 15 is 0 Å². The summed E-state index contributed by atoms with van der Waals surface area (Å²) >= 11 is 6.10. The standard InChI is InChI=1S/C17H22ClNO/c1-20-17-12-13(7-8-15(17)18)11-14-5-2-3-6-16(14)19-9-4-10-19/h7-8,11-12,16H,2-6,9-10H2,1H3. The molecule has 0 N–H and O–H groups in total. The first kappa shape index (κ1) is 14.0. The molecule has 1 heterocycles. The van der Waals surface area contributed by atoms with Crippen molar-refractivity contribution in [1.29, 1.82) is 0 Å². The van der Waals surface area contributed by atoms with Crippen LogP contribution >= 0.6 is 11.6 Å². The molecule has 2 fully saturated rings. The van der Waals surface area contributed by atoms with Crippen molar-refractivity contribution in [2.45, 2.75) is 38.1 Å². The van der Waals surface area contributed by atoms with Crippen molar-refractivity contribution in [2.24, 2.45) is 0 Å². The Kier molecular flexibility index (Phi) is 4.32. The minimum Gasteiger partial charge on any atom is -0.495 e. The molecule has 0 aromatic heterocycles. The summed E-state index contributed by atoms with van der Waals surface area (Å²) in [7, 11) is 1.67. The van der Waals surface area contributed by atoms with Crippen molar-refractivity contribution >= 4 is 17.7 Å². The molecule has 108 valence electrons. The van der Waals surface area contributed by atoms with E-state index in [1.54, 1.807) is 12.7 Å². The Morgan fingerprint density at radius 2 is 2.10 bits per heavy atom. The number of methoxy groups -OCH3 is 1. The van der Waals surface area contributed by atoms with Gasteiger partial charge in [-0.25, -0.2) is 0 Å². The maximum Gasteiger partial charge on any atom is 0.138 e. The lowest BCUT2D eigenvalue weighted by molar-refractivity contribution is 0.121. The van der Waals surface area contributed by atoms with Crippen LogP contribution in [0.1, 0.15) is 37.7 Å². The van der Waals surface area contributed by atoms with E-state index in [-0.39, 0.29) is 0 Å². The average Bonchev–Trinajstić information content (AvgIpc) is 2.41. The van der Waals surface area contributed by atoms with Crippen LogP contribution in [-0.2, 0) is 0 Å². The SMILES string of the molecule is COc1cc(C=C2CCCCC2N2CCC2)ccc1Cl. The van der Waals surface area contributed by atoms with Crippen LogP contribution in [0.25, 0.3) is 6.08 Å². The van der Waals surface area contributed by atoms with Gasteiger partial charge in [-0.3, -0.25) is 4.90 Å². The summed E-state index contributed by atoms with van der Waals surface area (Å²) in [6, 6.07) is 6.71. The molecule has 1 atom stereocenters. The molecule has 2 aliphatic rings. The highest BCUT2D eigenvalue weighted by molar-refractivity contribution is 6.32. The van der Waals surface area contributed by atoms with E-state index in [1.165, 1.54) is 50.8 Å². The van der Waals surface area contributed by atoms with E-state index < -0.39 is 0 Å². The van der Waals surface area contributed by atoms with Gasteiger partial charge in [0.2, 0.25) is 0 Å². The third-order valence-electron chi connectivity index (χ3n) is 4.48. The van der Waals surface area contributed by atoms with Crippen molar-refractivity contribution in [1.82, 2.24) is 4.90 Å². The molecule has 3 heteroatoms. The molecular weight excluding hydrogens is 270 g/mol. The molecule has 1 aliphatic carbocycles. The summed E-state index contributed by atoms with van der Waals surface area (Å²) in [5, 5.41) is 0.678. The highest BCUT2D eigenvalue weighted by Crippen LogP contribution is 2.33. The lowest BCUT2D eigenvalue weighted by atomic mass is 9.86. The van der Waals surface area contributed by atoms with Crippen LogP contribution in [0.2, 0.25) is 5.02 Å². The molecule has 1 unspecified atom stereocenters. The van der Waals surface area contributed by atoms with E-state index in [2.05, 4.69) is 17.0 Å². The predicted molar refractivity (Wildman–Crippen MR) is 84.4 cm³/mol. The minimum atomic E-state index is 0.666. The fourth-order valence-corrected chi connectivity index (χ4v) is 3.43. The van der Waals surface area contributed by atoms with Crippen LogP contribution in [0.4, 0.5) is 0 Å². The molecule has 0 amide bonds. The first-order valence-corrected chi connectivity index (χ1v) is 7.94. The van der Waals surface area contributed by atoms with Crippen LogP contribution < -0.4 is 4.74 Å². The van der Waals surface area contributed by atoms with Crippen LogP contribution in [0, 0.1) is 0 Å². The number of hydrogen-bond donors (Lipinski definition) is 0. The van der Waals surface area contributed by atoms with Crippen molar-refractivity contribution in [3.63, 3.8) is 0 Å². The largest absolute Gasteiger partial charge is 0.495 e. The summed E-state index contributed by atoms with van der Waals surface area (Å²) in [4.78, 5) is 2.62. The number of nitrogens with zero attached hydrogens (tertiary/aromatic N) is 1. The monoisotopic (exact) mass is 291 g/mol. The van der Waals surface area contributed by atoms with Gasteiger partial charge in [0.1, 0.15) is 5.75 Å². The van der Waals surface area contributed by atoms with Crippen LogP contribution in [-0.4, -0.2) is 31.1 Å². The molecular formula is C17H22ClNO. The summed E-state index contributed by atoms with van der Waals surface area (Å²) in [6.45, 7) is 2.54. The smallest absolute Gasteiger partial charge is 0.138 e. The van der Waals surface area contributed by atoms with Gasteiger partial charge in [-0.1, -0.05) is 35.7 Å². The average molecular weight is 292 g/mol. The molecule has 1 aromatic rings. The van der Waals surface area contributed by atoms with E-state index in [9.17, 15) is 0 Å². The van der Waals surface area contributed by atoms with Gasteiger partial charge in [0.05, 0.1) is 12.1 Å². The maximum atomic E-state index is 6.10. The number of halogens is 1. The molecule has 0 bridgehead atoms.